The Morgan fingerprint density at radius 3 is 2.60 bits per heavy atom. The fraction of sp³-hybridized carbons (Fsp3) is 0.344. The summed E-state index contributed by atoms with van der Waals surface area (Å²) in [5, 5.41) is 11.9. The molecule has 1 aromatic carbocycles. The third-order valence-electron chi connectivity index (χ3n) is 7.29. The molecular weight excluding hydrogens is 585 g/mol. The first kappa shape index (κ1) is 32.0. The zero-order valence-corrected chi connectivity index (χ0v) is 25.7. The minimum absolute atomic E-state index is 0.238. The topological polar surface area (TPSA) is 133 Å². The Labute approximate surface area is 258 Å². The number of rotatable bonds is 16. The zero-order chi connectivity index (χ0) is 30.8. The third-order valence-corrected chi connectivity index (χ3v) is 9.55. The number of amides is 3. The highest BCUT2D eigenvalue weighted by Gasteiger charge is 2.34. The van der Waals surface area contributed by atoms with Crippen LogP contribution in [0.25, 0.3) is 16.2 Å². The van der Waals surface area contributed by atoms with E-state index in [2.05, 4.69) is 33.9 Å². The maximum Gasteiger partial charge on any atom is 0.263 e. The summed E-state index contributed by atoms with van der Waals surface area (Å²) in [7, 11) is 0. The first-order valence-electron chi connectivity index (χ1n) is 14.3. The van der Waals surface area contributed by atoms with Crippen LogP contribution in [0.1, 0.15) is 68.8 Å². The molecule has 0 saturated carbocycles. The van der Waals surface area contributed by atoms with Gasteiger partial charge in [0.15, 0.2) is 11.9 Å². The lowest BCUT2D eigenvalue weighted by molar-refractivity contribution is -0.124. The largest absolute Gasteiger partial charge is 0.350 e. The molecule has 9 nitrogen and oxygen atoms in total. The van der Waals surface area contributed by atoms with Crippen LogP contribution in [-0.2, 0) is 20.8 Å². The Hall–Kier alpha value is -3.93. The molecule has 4 rings (SSSR count). The average molecular weight is 621 g/mol. The van der Waals surface area contributed by atoms with E-state index < -0.39 is 23.5 Å². The standard InChI is InChI=1S/C32H36N4O5S2/c1-3-21(2)9-8-12-24(35-30(40)27-17-22-10-4-6-13-25(22)42-27)29(39)33-19-32(20-38,34-15-16-37)36-31(41)28-18-23-11-5-7-14-26(23)43-28/h5-7,11,13-14,16-18,20,24,34H,2-4,8-10,12,15,19H2,1H3,(H,33,39)(H,35,40)(H,36,41). The van der Waals surface area contributed by atoms with Crippen LogP contribution in [0.5, 0.6) is 0 Å². The van der Waals surface area contributed by atoms with Gasteiger partial charge in [0, 0.05) is 9.58 Å². The lowest BCUT2D eigenvalue weighted by Gasteiger charge is -2.30. The molecule has 0 saturated heterocycles. The van der Waals surface area contributed by atoms with Crippen LogP contribution in [0.4, 0.5) is 0 Å². The molecule has 3 amide bonds. The maximum atomic E-state index is 13.5. The van der Waals surface area contributed by atoms with E-state index in [1.807, 2.05) is 43.3 Å². The first-order valence-corrected chi connectivity index (χ1v) is 15.9. The summed E-state index contributed by atoms with van der Waals surface area (Å²) >= 11 is 2.65. The highest BCUT2D eigenvalue weighted by atomic mass is 32.1. The van der Waals surface area contributed by atoms with Crippen LogP contribution in [0, 0.1) is 0 Å². The van der Waals surface area contributed by atoms with Crippen LogP contribution in [-0.4, -0.2) is 55.1 Å². The number of fused-ring (bicyclic) bond motifs is 2. The van der Waals surface area contributed by atoms with Crippen molar-refractivity contribution in [3.05, 3.63) is 74.8 Å². The van der Waals surface area contributed by atoms with Crippen molar-refractivity contribution in [2.45, 2.75) is 57.2 Å². The fourth-order valence-electron chi connectivity index (χ4n) is 4.75. The summed E-state index contributed by atoms with van der Waals surface area (Å²) in [6.45, 7) is 5.46. The van der Waals surface area contributed by atoms with Gasteiger partial charge in [-0.1, -0.05) is 43.4 Å². The Bertz CT molecular complexity index is 1510. The van der Waals surface area contributed by atoms with Gasteiger partial charge in [0.05, 0.1) is 22.8 Å². The molecule has 2 atom stereocenters. The van der Waals surface area contributed by atoms with Gasteiger partial charge in [0.2, 0.25) is 5.91 Å². The molecule has 3 aromatic rings. The summed E-state index contributed by atoms with van der Waals surface area (Å²) in [6, 6.07) is 10.2. The van der Waals surface area contributed by atoms with E-state index in [1.54, 1.807) is 6.07 Å². The normalized spacial score (nSPS) is 14.3. The second-order valence-electron chi connectivity index (χ2n) is 10.4. The Morgan fingerprint density at radius 2 is 1.88 bits per heavy atom. The van der Waals surface area contributed by atoms with E-state index in [0.29, 0.717) is 41.6 Å². The monoisotopic (exact) mass is 620 g/mol. The van der Waals surface area contributed by atoms with E-state index in [1.165, 1.54) is 22.7 Å². The highest BCUT2D eigenvalue weighted by Crippen LogP contribution is 2.29. The lowest BCUT2D eigenvalue weighted by Crippen LogP contribution is -2.66. The molecule has 1 aliphatic carbocycles. The van der Waals surface area contributed by atoms with Gasteiger partial charge < -0.3 is 20.7 Å². The van der Waals surface area contributed by atoms with Gasteiger partial charge in [-0.25, -0.2) is 0 Å². The van der Waals surface area contributed by atoms with E-state index in [0.717, 1.165) is 45.4 Å². The second-order valence-corrected chi connectivity index (χ2v) is 12.6. The molecule has 43 heavy (non-hydrogen) atoms. The minimum Gasteiger partial charge on any atom is -0.350 e. The number of benzene rings is 1. The molecule has 0 aliphatic heterocycles. The van der Waals surface area contributed by atoms with Gasteiger partial charge in [-0.05, 0) is 73.7 Å². The smallest absolute Gasteiger partial charge is 0.263 e. The molecule has 2 heterocycles. The van der Waals surface area contributed by atoms with E-state index in [4.69, 9.17) is 0 Å². The lowest BCUT2D eigenvalue weighted by atomic mass is 10.0. The maximum absolute atomic E-state index is 13.5. The number of allylic oxidation sites excluding steroid dienone is 2. The summed E-state index contributed by atoms with van der Waals surface area (Å²) in [5.74, 6) is -1.38. The van der Waals surface area contributed by atoms with Crippen LogP contribution in [0.15, 0.2) is 54.6 Å². The Balaban J connectivity index is 1.48. The SMILES string of the molecule is C=C(CC)CCCC(NC(=O)c1cc2c(s1)C=CCC2)C(=O)NCC(C=O)(NCC=O)NC(=O)c1cc2ccccc2s1. The van der Waals surface area contributed by atoms with Gasteiger partial charge >= 0.3 is 0 Å². The molecule has 11 heteroatoms. The summed E-state index contributed by atoms with van der Waals surface area (Å²) in [5.41, 5.74) is 0.406. The number of thiophene rings is 2. The van der Waals surface area contributed by atoms with Crippen molar-refractivity contribution in [1.82, 2.24) is 21.3 Å². The molecule has 2 unspecified atom stereocenters. The second kappa shape index (κ2) is 15.0. The van der Waals surface area contributed by atoms with Crippen molar-refractivity contribution in [3.8, 4) is 0 Å². The van der Waals surface area contributed by atoms with Crippen molar-refractivity contribution in [3.63, 3.8) is 0 Å². The summed E-state index contributed by atoms with van der Waals surface area (Å²) in [6.07, 6.45) is 9.41. The summed E-state index contributed by atoms with van der Waals surface area (Å²) < 4.78 is 0.908. The molecule has 2 aromatic heterocycles. The fourth-order valence-corrected chi connectivity index (χ4v) is 6.75. The van der Waals surface area contributed by atoms with Gasteiger partial charge in [-0.2, -0.15) is 0 Å². The van der Waals surface area contributed by atoms with Gasteiger partial charge in [0.25, 0.3) is 11.8 Å². The van der Waals surface area contributed by atoms with E-state index >= 15 is 0 Å². The molecule has 4 N–H and O–H groups in total. The molecule has 0 fully saturated rings. The Kier molecular flexibility index (Phi) is 11.2. The summed E-state index contributed by atoms with van der Waals surface area (Å²) in [4.78, 5) is 65.4. The van der Waals surface area contributed by atoms with Crippen LogP contribution < -0.4 is 21.3 Å². The molecular formula is C32H36N4O5S2. The number of hydrogen-bond donors (Lipinski definition) is 4. The van der Waals surface area contributed by atoms with E-state index in [9.17, 15) is 24.0 Å². The van der Waals surface area contributed by atoms with Crippen LogP contribution >= 0.6 is 22.7 Å². The number of aldehydes is 2. The minimum atomic E-state index is -1.76. The molecule has 226 valence electrons. The van der Waals surface area contributed by atoms with Crippen molar-refractivity contribution >= 4 is 69.1 Å². The quantitative estimate of drug-likeness (QED) is 0.107. The van der Waals surface area contributed by atoms with Crippen molar-refractivity contribution < 1.29 is 24.0 Å². The van der Waals surface area contributed by atoms with Crippen LogP contribution in [0.3, 0.4) is 0 Å². The predicted molar refractivity (Wildman–Crippen MR) is 171 cm³/mol. The van der Waals surface area contributed by atoms with E-state index in [-0.39, 0.29) is 19.0 Å². The van der Waals surface area contributed by atoms with Crippen molar-refractivity contribution in [2.24, 2.45) is 0 Å². The van der Waals surface area contributed by atoms with Crippen molar-refractivity contribution in [1.29, 1.82) is 0 Å². The number of carbonyl (C=O) groups is 5. The molecule has 1 aliphatic rings. The molecule has 0 spiro atoms. The number of carbonyl (C=O) groups excluding carboxylic acids is 5. The Morgan fingerprint density at radius 1 is 1.09 bits per heavy atom. The van der Waals surface area contributed by atoms with Gasteiger partial charge in [0.1, 0.15) is 12.3 Å². The number of hydrogen-bond acceptors (Lipinski definition) is 8. The number of aryl methyl sites for hydroxylation is 1. The first-order chi connectivity index (χ1) is 20.8. The molecule has 0 radical (unpaired) electrons. The highest BCUT2D eigenvalue weighted by molar-refractivity contribution is 7.20. The zero-order valence-electron chi connectivity index (χ0n) is 24.1. The van der Waals surface area contributed by atoms with Gasteiger partial charge in [-0.15, -0.1) is 22.7 Å². The van der Waals surface area contributed by atoms with Crippen LogP contribution in [0.2, 0.25) is 0 Å². The third kappa shape index (κ3) is 8.34. The van der Waals surface area contributed by atoms with Crippen molar-refractivity contribution in [2.75, 3.05) is 13.1 Å². The van der Waals surface area contributed by atoms with Gasteiger partial charge in [-0.3, -0.25) is 24.5 Å². The molecule has 0 bridgehead atoms. The predicted octanol–water partition coefficient (Wildman–Crippen LogP) is 4.39. The average Bonchev–Trinajstić information content (AvgIpc) is 3.66. The number of nitrogens with one attached hydrogen (secondary N) is 4.